The lowest BCUT2D eigenvalue weighted by atomic mass is 10.1. The molecular formula is C21H27ClN2O3S. The molecule has 2 aromatic rings. The topological polar surface area (TPSA) is 64.8 Å². The summed E-state index contributed by atoms with van der Waals surface area (Å²) in [6, 6.07) is 16.1. The van der Waals surface area contributed by atoms with Crippen molar-refractivity contribution in [2.24, 2.45) is 5.73 Å². The summed E-state index contributed by atoms with van der Waals surface area (Å²) in [5.74, 6) is 2.45. The SMILES string of the molecule is Cl.NCCN(CCc1ccccc1)C(=O)CCSc1ccc2c(c1)OCCO2. The van der Waals surface area contributed by atoms with E-state index in [-0.39, 0.29) is 18.3 Å². The summed E-state index contributed by atoms with van der Waals surface area (Å²) < 4.78 is 11.1. The van der Waals surface area contributed by atoms with Gasteiger partial charge in [0, 0.05) is 36.7 Å². The zero-order chi connectivity index (χ0) is 18.9. The molecule has 0 aromatic heterocycles. The average Bonchev–Trinajstić information content (AvgIpc) is 2.71. The smallest absolute Gasteiger partial charge is 0.223 e. The summed E-state index contributed by atoms with van der Waals surface area (Å²) in [5, 5.41) is 0. The fraction of sp³-hybridized carbons (Fsp3) is 0.381. The normalized spacial score (nSPS) is 12.2. The van der Waals surface area contributed by atoms with E-state index >= 15 is 0 Å². The molecule has 0 saturated carbocycles. The molecule has 2 aromatic carbocycles. The van der Waals surface area contributed by atoms with Crippen LogP contribution < -0.4 is 15.2 Å². The Balaban J connectivity index is 0.00000280. The van der Waals surface area contributed by atoms with Crippen LogP contribution in [0, 0.1) is 0 Å². The van der Waals surface area contributed by atoms with Crippen molar-refractivity contribution in [2.75, 3.05) is 38.6 Å². The predicted molar refractivity (Wildman–Crippen MR) is 116 cm³/mol. The fourth-order valence-electron chi connectivity index (χ4n) is 2.95. The third kappa shape index (κ3) is 6.62. The van der Waals surface area contributed by atoms with Gasteiger partial charge in [-0.3, -0.25) is 4.79 Å². The second kappa shape index (κ2) is 11.8. The molecule has 3 rings (SSSR count). The molecule has 0 spiro atoms. The van der Waals surface area contributed by atoms with Gasteiger partial charge in [0.05, 0.1) is 0 Å². The lowest BCUT2D eigenvalue weighted by Gasteiger charge is -2.22. The monoisotopic (exact) mass is 422 g/mol. The molecular weight excluding hydrogens is 396 g/mol. The van der Waals surface area contributed by atoms with Gasteiger partial charge in [-0.15, -0.1) is 24.2 Å². The number of benzene rings is 2. The first-order chi connectivity index (χ1) is 13.3. The van der Waals surface area contributed by atoms with E-state index in [9.17, 15) is 4.79 Å². The first kappa shape index (κ1) is 22.4. The number of thioether (sulfide) groups is 1. The summed E-state index contributed by atoms with van der Waals surface area (Å²) in [6.07, 6.45) is 1.34. The van der Waals surface area contributed by atoms with E-state index in [0.29, 0.717) is 39.3 Å². The minimum absolute atomic E-state index is 0. The van der Waals surface area contributed by atoms with Crippen molar-refractivity contribution in [3.63, 3.8) is 0 Å². The van der Waals surface area contributed by atoms with Crippen molar-refractivity contribution in [3.05, 3.63) is 54.1 Å². The molecule has 1 aliphatic heterocycles. The Morgan fingerprint density at radius 2 is 1.79 bits per heavy atom. The molecule has 0 fully saturated rings. The Morgan fingerprint density at radius 3 is 2.54 bits per heavy atom. The van der Waals surface area contributed by atoms with Crippen LogP contribution in [-0.2, 0) is 11.2 Å². The number of nitrogens with two attached hydrogens (primary N) is 1. The number of hydrogen-bond acceptors (Lipinski definition) is 5. The second-order valence-electron chi connectivity index (χ2n) is 6.31. The van der Waals surface area contributed by atoms with Crippen LogP contribution in [-0.4, -0.2) is 49.4 Å². The minimum Gasteiger partial charge on any atom is -0.486 e. The van der Waals surface area contributed by atoms with Crippen LogP contribution in [0.2, 0.25) is 0 Å². The fourth-order valence-corrected chi connectivity index (χ4v) is 3.82. The summed E-state index contributed by atoms with van der Waals surface area (Å²) in [6.45, 7) is 2.95. The lowest BCUT2D eigenvalue weighted by molar-refractivity contribution is -0.130. The number of carbonyl (C=O) groups excluding carboxylic acids is 1. The predicted octanol–water partition coefficient (Wildman–Crippen LogP) is 3.39. The number of amides is 1. The maximum absolute atomic E-state index is 12.6. The van der Waals surface area contributed by atoms with Crippen LogP contribution in [0.3, 0.4) is 0 Å². The summed E-state index contributed by atoms with van der Waals surface area (Å²) in [7, 11) is 0. The molecule has 5 nitrogen and oxygen atoms in total. The Labute approximate surface area is 177 Å². The van der Waals surface area contributed by atoms with Gasteiger partial charge in [0.1, 0.15) is 13.2 Å². The van der Waals surface area contributed by atoms with E-state index in [1.54, 1.807) is 11.8 Å². The van der Waals surface area contributed by atoms with E-state index in [0.717, 1.165) is 28.6 Å². The number of hydrogen-bond donors (Lipinski definition) is 1. The van der Waals surface area contributed by atoms with Gasteiger partial charge in [0.25, 0.3) is 0 Å². The van der Waals surface area contributed by atoms with Gasteiger partial charge in [-0.2, -0.15) is 0 Å². The molecule has 2 N–H and O–H groups in total. The zero-order valence-electron chi connectivity index (χ0n) is 15.8. The van der Waals surface area contributed by atoms with E-state index in [2.05, 4.69) is 12.1 Å². The van der Waals surface area contributed by atoms with Crippen LogP contribution in [0.15, 0.2) is 53.4 Å². The molecule has 0 bridgehead atoms. The zero-order valence-corrected chi connectivity index (χ0v) is 17.5. The van der Waals surface area contributed by atoms with Gasteiger partial charge in [-0.1, -0.05) is 30.3 Å². The minimum atomic E-state index is 0. The molecule has 0 saturated heterocycles. The van der Waals surface area contributed by atoms with Crippen LogP contribution in [0.5, 0.6) is 11.5 Å². The molecule has 0 unspecified atom stereocenters. The van der Waals surface area contributed by atoms with Crippen molar-refractivity contribution < 1.29 is 14.3 Å². The Hall–Kier alpha value is -1.89. The molecule has 7 heteroatoms. The first-order valence-corrected chi connectivity index (χ1v) is 10.3. The van der Waals surface area contributed by atoms with Crippen molar-refractivity contribution in [3.8, 4) is 11.5 Å². The highest BCUT2D eigenvalue weighted by Crippen LogP contribution is 2.34. The van der Waals surface area contributed by atoms with Gasteiger partial charge in [0.2, 0.25) is 5.91 Å². The molecule has 0 atom stereocenters. The number of rotatable bonds is 9. The van der Waals surface area contributed by atoms with Gasteiger partial charge >= 0.3 is 0 Å². The molecule has 1 heterocycles. The highest BCUT2D eigenvalue weighted by molar-refractivity contribution is 7.99. The van der Waals surface area contributed by atoms with Crippen molar-refractivity contribution in [1.29, 1.82) is 0 Å². The van der Waals surface area contributed by atoms with E-state index in [1.807, 2.05) is 41.3 Å². The molecule has 152 valence electrons. The van der Waals surface area contributed by atoms with E-state index in [1.165, 1.54) is 5.56 Å². The van der Waals surface area contributed by atoms with Gasteiger partial charge in [-0.05, 0) is 30.2 Å². The maximum Gasteiger partial charge on any atom is 0.223 e. The van der Waals surface area contributed by atoms with Crippen LogP contribution >= 0.6 is 24.2 Å². The van der Waals surface area contributed by atoms with Crippen molar-refractivity contribution in [2.45, 2.75) is 17.7 Å². The number of ether oxygens (including phenoxy) is 2. The lowest BCUT2D eigenvalue weighted by Crippen LogP contribution is -2.37. The van der Waals surface area contributed by atoms with Crippen LogP contribution in [0.25, 0.3) is 0 Å². The number of fused-ring (bicyclic) bond motifs is 1. The molecule has 28 heavy (non-hydrogen) atoms. The quantitative estimate of drug-likeness (QED) is 0.627. The van der Waals surface area contributed by atoms with E-state index < -0.39 is 0 Å². The van der Waals surface area contributed by atoms with Gasteiger partial charge < -0.3 is 20.1 Å². The third-order valence-corrected chi connectivity index (χ3v) is 5.36. The summed E-state index contributed by atoms with van der Waals surface area (Å²) in [5.41, 5.74) is 6.93. The number of halogens is 1. The molecule has 1 amide bonds. The number of carbonyl (C=O) groups is 1. The molecule has 0 aliphatic carbocycles. The number of nitrogens with zero attached hydrogens (tertiary/aromatic N) is 1. The van der Waals surface area contributed by atoms with Gasteiger partial charge in [-0.25, -0.2) is 0 Å². The first-order valence-electron chi connectivity index (χ1n) is 9.30. The highest BCUT2D eigenvalue weighted by Gasteiger charge is 2.14. The Bertz CT molecular complexity index is 746. The Kier molecular flexibility index (Phi) is 9.47. The third-order valence-electron chi connectivity index (χ3n) is 4.36. The summed E-state index contributed by atoms with van der Waals surface area (Å²) in [4.78, 5) is 15.5. The van der Waals surface area contributed by atoms with Gasteiger partial charge in [0.15, 0.2) is 11.5 Å². The average molecular weight is 423 g/mol. The maximum atomic E-state index is 12.6. The largest absolute Gasteiger partial charge is 0.486 e. The van der Waals surface area contributed by atoms with E-state index in [4.69, 9.17) is 15.2 Å². The van der Waals surface area contributed by atoms with Crippen LogP contribution in [0.1, 0.15) is 12.0 Å². The Morgan fingerprint density at radius 1 is 1.04 bits per heavy atom. The standard InChI is InChI=1S/C21H26N2O3S.ClH/c22-10-12-23(11-8-17-4-2-1-3-5-17)21(24)9-15-27-18-6-7-19-20(16-18)26-14-13-25-19;/h1-7,16H,8-15,22H2;1H. The second-order valence-corrected chi connectivity index (χ2v) is 7.48. The highest BCUT2D eigenvalue weighted by atomic mass is 35.5. The summed E-state index contributed by atoms with van der Waals surface area (Å²) >= 11 is 1.66. The van der Waals surface area contributed by atoms with Crippen LogP contribution in [0.4, 0.5) is 0 Å². The van der Waals surface area contributed by atoms with Crippen molar-refractivity contribution >= 4 is 30.1 Å². The molecule has 1 aliphatic rings. The van der Waals surface area contributed by atoms with Crippen molar-refractivity contribution in [1.82, 2.24) is 4.90 Å². The molecule has 0 radical (unpaired) electrons.